The zero-order valence-corrected chi connectivity index (χ0v) is 11.6. The van der Waals surface area contributed by atoms with Crippen LogP contribution in [0.2, 0.25) is 0 Å². The predicted octanol–water partition coefficient (Wildman–Crippen LogP) is 3.16. The highest BCUT2D eigenvalue weighted by atomic mass is 16.5. The lowest BCUT2D eigenvalue weighted by Crippen LogP contribution is -2.00. The van der Waals surface area contributed by atoms with Crippen molar-refractivity contribution in [1.82, 2.24) is 0 Å². The first-order valence-electron chi connectivity index (χ1n) is 6.47. The number of phenols is 2. The molecule has 0 saturated carbocycles. The third-order valence-corrected chi connectivity index (χ3v) is 2.91. The summed E-state index contributed by atoms with van der Waals surface area (Å²) in [5, 5.41) is 18.5. The molecule has 2 aromatic rings. The molecule has 4 nitrogen and oxygen atoms in total. The van der Waals surface area contributed by atoms with Crippen LogP contribution in [0.4, 0.5) is 0 Å². The van der Waals surface area contributed by atoms with Crippen molar-refractivity contribution in [3.05, 3.63) is 65.2 Å². The summed E-state index contributed by atoms with van der Waals surface area (Å²) < 4.78 is 5.11. The van der Waals surface area contributed by atoms with Crippen molar-refractivity contribution < 1.29 is 19.7 Å². The van der Waals surface area contributed by atoms with Crippen molar-refractivity contribution in [2.75, 3.05) is 0 Å². The zero-order chi connectivity index (χ0) is 15.2. The SMILES string of the molecule is Cc1ccc(COC(=O)/C=C/c2ccc(O)c(O)c2)cc1. The first-order chi connectivity index (χ1) is 10.0. The Hall–Kier alpha value is -2.75. The summed E-state index contributed by atoms with van der Waals surface area (Å²) >= 11 is 0. The number of phenolic OH excluding ortho intramolecular Hbond substituents is 2. The van der Waals surface area contributed by atoms with Crippen LogP contribution in [0, 0.1) is 6.92 Å². The zero-order valence-electron chi connectivity index (χ0n) is 11.6. The molecule has 0 radical (unpaired) electrons. The van der Waals surface area contributed by atoms with E-state index in [0.717, 1.165) is 11.1 Å². The monoisotopic (exact) mass is 284 g/mol. The van der Waals surface area contributed by atoms with Gasteiger partial charge in [0.25, 0.3) is 0 Å². The molecule has 0 bridgehead atoms. The quantitative estimate of drug-likeness (QED) is 0.514. The number of aromatic hydroxyl groups is 2. The molecule has 2 N–H and O–H groups in total. The lowest BCUT2D eigenvalue weighted by Gasteiger charge is -2.03. The predicted molar refractivity (Wildman–Crippen MR) is 79.8 cm³/mol. The van der Waals surface area contributed by atoms with Gasteiger partial charge in [-0.25, -0.2) is 4.79 Å². The summed E-state index contributed by atoms with van der Waals surface area (Å²) in [6.45, 7) is 2.20. The number of rotatable bonds is 4. The van der Waals surface area contributed by atoms with Gasteiger partial charge in [0.05, 0.1) is 0 Å². The number of benzene rings is 2. The minimum atomic E-state index is -0.469. The molecular formula is C17H16O4. The summed E-state index contributed by atoms with van der Waals surface area (Å²) in [5.41, 5.74) is 2.67. The topological polar surface area (TPSA) is 66.8 Å². The molecule has 0 aliphatic rings. The summed E-state index contributed by atoms with van der Waals surface area (Å²) in [6, 6.07) is 12.0. The Morgan fingerprint density at radius 3 is 2.48 bits per heavy atom. The Kier molecular flexibility index (Phi) is 4.61. The highest BCUT2D eigenvalue weighted by Crippen LogP contribution is 2.25. The Morgan fingerprint density at radius 1 is 1.10 bits per heavy atom. The van der Waals surface area contributed by atoms with Gasteiger partial charge in [0.2, 0.25) is 0 Å². The lowest BCUT2D eigenvalue weighted by atomic mass is 10.2. The van der Waals surface area contributed by atoms with Gasteiger partial charge < -0.3 is 14.9 Å². The van der Waals surface area contributed by atoms with Crippen LogP contribution in [-0.4, -0.2) is 16.2 Å². The lowest BCUT2D eigenvalue weighted by molar-refractivity contribution is -0.138. The number of carbonyl (C=O) groups excluding carboxylic acids is 1. The molecule has 0 spiro atoms. The summed E-state index contributed by atoms with van der Waals surface area (Å²) in [4.78, 5) is 11.6. The average Bonchev–Trinajstić information content (AvgIpc) is 2.48. The van der Waals surface area contributed by atoms with E-state index in [4.69, 9.17) is 4.74 Å². The summed E-state index contributed by atoms with van der Waals surface area (Å²) in [6.07, 6.45) is 2.79. The van der Waals surface area contributed by atoms with E-state index in [1.807, 2.05) is 31.2 Å². The van der Waals surface area contributed by atoms with Gasteiger partial charge in [0, 0.05) is 6.08 Å². The van der Waals surface area contributed by atoms with E-state index in [1.54, 1.807) is 6.07 Å². The van der Waals surface area contributed by atoms with E-state index in [2.05, 4.69) is 0 Å². The van der Waals surface area contributed by atoms with Crippen molar-refractivity contribution in [3.8, 4) is 11.5 Å². The van der Waals surface area contributed by atoms with Gasteiger partial charge in [-0.1, -0.05) is 35.9 Å². The normalized spacial score (nSPS) is 10.7. The molecule has 0 unspecified atom stereocenters. The van der Waals surface area contributed by atoms with Crippen LogP contribution in [0.3, 0.4) is 0 Å². The smallest absolute Gasteiger partial charge is 0.331 e. The molecule has 0 aliphatic heterocycles. The van der Waals surface area contributed by atoms with E-state index in [0.29, 0.717) is 5.56 Å². The van der Waals surface area contributed by atoms with Gasteiger partial charge in [0.1, 0.15) is 6.61 Å². The van der Waals surface area contributed by atoms with Crippen molar-refractivity contribution in [3.63, 3.8) is 0 Å². The fourth-order valence-electron chi connectivity index (χ4n) is 1.70. The van der Waals surface area contributed by atoms with Gasteiger partial charge in [-0.15, -0.1) is 0 Å². The van der Waals surface area contributed by atoms with E-state index in [9.17, 15) is 15.0 Å². The van der Waals surface area contributed by atoms with Crippen LogP contribution in [0.1, 0.15) is 16.7 Å². The molecule has 108 valence electrons. The maximum Gasteiger partial charge on any atom is 0.331 e. The maximum absolute atomic E-state index is 11.6. The van der Waals surface area contributed by atoms with E-state index in [1.165, 1.54) is 24.3 Å². The Morgan fingerprint density at radius 2 is 1.81 bits per heavy atom. The molecule has 0 aromatic heterocycles. The van der Waals surface area contributed by atoms with Crippen LogP contribution < -0.4 is 0 Å². The number of aryl methyl sites for hydroxylation is 1. The number of esters is 1. The Labute approximate surface area is 122 Å². The van der Waals surface area contributed by atoms with Crippen LogP contribution >= 0.6 is 0 Å². The minimum absolute atomic E-state index is 0.200. The number of ether oxygens (including phenoxy) is 1. The van der Waals surface area contributed by atoms with Crippen molar-refractivity contribution >= 4 is 12.0 Å². The molecule has 0 aliphatic carbocycles. The maximum atomic E-state index is 11.6. The molecule has 0 heterocycles. The number of carbonyl (C=O) groups is 1. The van der Waals surface area contributed by atoms with Gasteiger partial charge in [-0.05, 0) is 36.3 Å². The Balaban J connectivity index is 1.90. The first-order valence-corrected chi connectivity index (χ1v) is 6.47. The molecule has 0 amide bonds. The fraction of sp³-hybridized carbons (Fsp3) is 0.118. The fourth-order valence-corrected chi connectivity index (χ4v) is 1.70. The Bertz CT molecular complexity index is 657. The first kappa shape index (κ1) is 14.7. The number of hydrogen-bond donors (Lipinski definition) is 2. The van der Waals surface area contributed by atoms with Crippen LogP contribution in [0.5, 0.6) is 11.5 Å². The second-order valence-corrected chi connectivity index (χ2v) is 4.67. The molecule has 21 heavy (non-hydrogen) atoms. The molecule has 2 rings (SSSR count). The number of hydrogen-bond acceptors (Lipinski definition) is 4. The largest absolute Gasteiger partial charge is 0.504 e. The third-order valence-electron chi connectivity index (χ3n) is 2.91. The van der Waals surface area contributed by atoms with Gasteiger partial charge in [-0.3, -0.25) is 0 Å². The van der Waals surface area contributed by atoms with Crippen molar-refractivity contribution in [2.24, 2.45) is 0 Å². The van der Waals surface area contributed by atoms with E-state index in [-0.39, 0.29) is 18.1 Å². The highest BCUT2D eigenvalue weighted by molar-refractivity contribution is 5.87. The van der Waals surface area contributed by atoms with Crippen LogP contribution in [-0.2, 0) is 16.1 Å². The minimum Gasteiger partial charge on any atom is -0.504 e. The average molecular weight is 284 g/mol. The van der Waals surface area contributed by atoms with Gasteiger partial charge >= 0.3 is 5.97 Å². The summed E-state index contributed by atoms with van der Waals surface area (Å²) in [7, 11) is 0. The summed E-state index contributed by atoms with van der Waals surface area (Å²) in [5.74, 6) is -0.901. The molecule has 0 fully saturated rings. The third kappa shape index (κ3) is 4.38. The molecule has 2 aromatic carbocycles. The molecule has 0 saturated heterocycles. The van der Waals surface area contributed by atoms with Crippen LogP contribution in [0.25, 0.3) is 6.08 Å². The molecule has 0 atom stereocenters. The molecular weight excluding hydrogens is 268 g/mol. The van der Waals surface area contributed by atoms with E-state index >= 15 is 0 Å². The second-order valence-electron chi connectivity index (χ2n) is 4.67. The van der Waals surface area contributed by atoms with Gasteiger partial charge in [0.15, 0.2) is 11.5 Å². The van der Waals surface area contributed by atoms with Gasteiger partial charge in [-0.2, -0.15) is 0 Å². The van der Waals surface area contributed by atoms with Crippen molar-refractivity contribution in [1.29, 1.82) is 0 Å². The molecule has 4 heteroatoms. The van der Waals surface area contributed by atoms with Crippen molar-refractivity contribution in [2.45, 2.75) is 13.5 Å². The van der Waals surface area contributed by atoms with E-state index < -0.39 is 5.97 Å². The standard InChI is InChI=1S/C17H16O4/c1-12-2-4-14(5-3-12)11-21-17(20)9-7-13-6-8-15(18)16(19)10-13/h2-10,18-19H,11H2,1H3/b9-7+. The van der Waals surface area contributed by atoms with Crippen LogP contribution in [0.15, 0.2) is 48.5 Å². The highest BCUT2D eigenvalue weighted by Gasteiger charge is 2.01. The second kappa shape index (κ2) is 6.61.